The van der Waals surface area contributed by atoms with Crippen LogP contribution in [0.15, 0.2) is 72.8 Å². The van der Waals surface area contributed by atoms with E-state index in [2.05, 4.69) is 17.5 Å². The van der Waals surface area contributed by atoms with E-state index >= 15 is 0 Å². The lowest BCUT2D eigenvalue weighted by Crippen LogP contribution is -2.49. The van der Waals surface area contributed by atoms with E-state index < -0.39 is 11.7 Å². The number of hydrogen-bond donors (Lipinski definition) is 1. The van der Waals surface area contributed by atoms with E-state index in [1.165, 1.54) is 0 Å². The summed E-state index contributed by atoms with van der Waals surface area (Å²) >= 11 is 0. The van der Waals surface area contributed by atoms with E-state index in [1.807, 2.05) is 81.4 Å². The molecule has 2 aliphatic carbocycles. The third-order valence-electron chi connectivity index (χ3n) is 6.42. The molecular formula is C28H34N2O4. The summed E-state index contributed by atoms with van der Waals surface area (Å²) in [5.74, 6) is 0.655. The van der Waals surface area contributed by atoms with Gasteiger partial charge >= 0.3 is 12.2 Å². The molecule has 0 radical (unpaired) electrons. The highest BCUT2D eigenvalue weighted by Crippen LogP contribution is 2.44. The van der Waals surface area contributed by atoms with Gasteiger partial charge in [0, 0.05) is 25.0 Å². The predicted molar refractivity (Wildman–Crippen MR) is 131 cm³/mol. The van der Waals surface area contributed by atoms with E-state index in [0.29, 0.717) is 19.0 Å². The molecule has 2 aromatic rings. The number of nitrogens with zero attached hydrogens (tertiary/aromatic N) is 1. The van der Waals surface area contributed by atoms with Crippen molar-refractivity contribution < 1.29 is 19.1 Å². The molecule has 34 heavy (non-hydrogen) atoms. The number of ether oxygens (including phenoxy) is 2. The molecule has 180 valence electrons. The van der Waals surface area contributed by atoms with Gasteiger partial charge in [-0.2, -0.15) is 0 Å². The van der Waals surface area contributed by atoms with Crippen molar-refractivity contribution in [1.29, 1.82) is 0 Å². The lowest BCUT2D eigenvalue weighted by Gasteiger charge is -2.34. The van der Waals surface area contributed by atoms with Crippen molar-refractivity contribution in [1.82, 2.24) is 10.2 Å². The van der Waals surface area contributed by atoms with Crippen LogP contribution in [0.5, 0.6) is 0 Å². The fraction of sp³-hybridized carbons (Fsp3) is 0.429. The summed E-state index contributed by atoms with van der Waals surface area (Å²) in [7, 11) is 0. The van der Waals surface area contributed by atoms with Gasteiger partial charge in [0.2, 0.25) is 0 Å². The second kappa shape index (κ2) is 10.3. The Balaban J connectivity index is 1.48. The smallest absolute Gasteiger partial charge is 0.410 e. The van der Waals surface area contributed by atoms with Crippen LogP contribution in [0.4, 0.5) is 9.59 Å². The van der Waals surface area contributed by atoms with E-state index in [1.54, 1.807) is 4.90 Å². The quantitative estimate of drug-likeness (QED) is 0.549. The van der Waals surface area contributed by atoms with Crippen molar-refractivity contribution in [2.24, 2.45) is 17.8 Å². The number of hydrogen-bond acceptors (Lipinski definition) is 4. The molecule has 2 amide bonds. The van der Waals surface area contributed by atoms with Crippen molar-refractivity contribution in [2.75, 3.05) is 6.54 Å². The van der Waals surface area contributed by atoms with Crippen LogP contribution < -0.4 is 5.32 Å². The zero-order valence-corrected chi connectivity index (χ0v) is 20.1. The standard InChI is InChI=1S/C28H34N2O4/c1-28(2,3)34-26(31)29-25-23-15-14-22(16-23)24(25)18-30(17-20-10-6-4-7-11-20)27(32)33-19-21-12-8-5-9-13-21/h4-15,22-25H,16-19H2,1-3H3,(H,29,31)/t22?,23?,24-,25+/m0/s1. The molecule has 2 aliphatic rings. The summed E-state index contributed by atoms with van der Waals surface area (Å²) in [6.07, 6.45) is 4.61. The lowest BCUT2D eigenvalue weighted by molar-refractivity contribution is 0.0464. The molecule has 6 nitrogen and oxygen atoms in total. The number of allylic oxidation sites excluding steroid dienone is 1. The SMILES string of the molecule is CC(C)(C)OC(=O)N[C@@H]1C2C=CC(C2)[C@@H]1CN(Cc1ccccc1)C(=O)OCc1ccccc1. The van der Waals surface area contributed by atoms with Crippen molar-refractivity contribution in [2.45, 2.75) is 52.0 Å². The molecule has 2 unspecified atom stereocenters. The Kier molecular flexibility index (Phi) is 7.25. The number of alkyl carbamates (subject to hydrolysis) is 1. The van der Waals surface area contributed by atoms with Crippen LogP contribution in [0, 0.1) is 17.8 Å². The number of benzene rings is 2. The molecule has 0 heterocycles. The fourth-order valence-electron chi connectivity index (χ4n) is 4.90. The predicted octanol–water partition coefficient (Wildman–Crippen LogP) is 5.54. The highest BCUT2D eigenvalue weighted by atomic mass is 16.6. The van der Waals surface area contributed by atoms with Crippen LogP contribution in [0.3, 0.4) is 0 Å². The molecule has 2 bridgehead atoms. The van der Waals surface area contributed by atoms with Gasteiger partial charge in [-0.25, -0.2) is 9.59 Å². The van der Waals surface area contributed by atoms with Gasteiger partial charge in [-0.1, -0.05) is 72.8 Å². The number of carbonyl (C=O) groups is 2. The first-order valence-corrected chi connectivity index (χ1v) is 12.0. The van der Waals surface area contributed by atoms with Crippen LogP contribution in [0.2, 0.25) is 0 Å². The molecule has 0 aliphatic heterocycles. The molecule has 2 aromatic carbocycles. The second-order valence-corrected chi connectivity index (χ2v) is 10.2. The number of carbonyl (C=O) groups excluding carboxylic acids is 2. The molecule has 0 aromatic heterocycles. The fourth-order valence-corrected chi connectivity index (χ4v) is 4.90. The summed E-state index contributed by atoms with van der Waals surface area (Å²) in [4.78, 5) is 27.5. The van der Waals surface area contributed by atoms with Crippen molar-refractivity contribution >= 4 is 12.2 Å². The maximum atomic E-state index is 13.2. The minimum absolute atomic E-state index is 0.0787. The van der Waals surface area contributed by atoms with E-state index in [-0.39, 0.29) is 30.6 Å². The first-order valence-electron chi connectivity index (χ1n) is 12.0. The summed E-state index contributed by atoms with van der Waals surface area (Å²) in [5, 5.41) is 3.09. The summed E-state index contributed by atoms with van der Waals surface area (Å²) in [6, 6.07) is 19.5. The Morgan fingerprint density at radius 3 is 2.21 bits per heavy atom. The molecule has 1 N–H and O–H groups in total. The van der Waals surface area contributed by atoms with Gasteiger partial charge in [-0.3, -0.25) is 0 Å². The normalized spacial score (nSPS) is 22.9. The zero-order chi connectivity index (χ0) is 24.1. The van der Waals surface area contributed by atoms with Gasteiger partial charge in [-0.15, -0.1) is 0 Å². The molecule has 0 spiro atoms. The van der Waals surface area contributed by atoms with Crippen molar-refractivity contribution in [3.05, 3.63) is 83.9 Å². The third kappa shape index (κ3) is 6.19. The number of fused-ring (bicyclic) bond motifs is 2. The number of nitrogens with one attached hydrogen (secondary N) is 1. The van der Waals surface area contributed by atoms with Gasteiger partial charge in [0.25, 0.3) is 0 Å². The molecule has 6 heteroatoms. The molecule has 1 fully saturated rings. The van der Waals surface area contributed by atoms with E-state index in [9.17, 15) is 9.59 Å². The van der Waals surface area contributed by atoms with Gasteiger partial charge in [0.1, 0.15) is 12.2 Å². The van der Waals surface area contributed by atoms with Gasteiger partial charge < -0.3 is 19.7 Å². The molecular weight excluding hydrogens is 428 g/mol. The van der Waals surface area contributed by atoms with Crippen LogP contribution >= 0.6 is 0 Å². The molecule has 4 rings (SSSR count). The molecule has 1 saturated carbocycles. The Morgan fingerprint density at radius 2 is 1.56 bits per heavy atom. The van der Waals surface area contributed by atoms with Crippen LogP contribution in [-0.2, 0) is 22.6 Å². The highest BCUT2D eigenvalue weighted by molar-refractivity contribution is 5.69. The average molecular weight is 463 g/mol. The second-order valence-electron chi connectivity index (χ2n) is 10.2. The van der Waals surface area contributed by atoms with Crippen molar-refractivity contribution in [3.63, 3.8) is 0 Å². The monoisotopic (exact) mass is 462 g/mol. The zero-order valence-electron chi connectivity index (χ0n) is 20.1. The minimum atomic E-state index is -0.562. The topological polar surface area (TPSA) is 67.9 Å². The Morgan fingerprint density at radius 1 is 0.941 bits per heavy atom. The maximum Gasteiger partial charge on any atom is 0.410 e. The Bertz CT molecular complexity index is 1000. The summed E-state index contributed by atoms with van der Waals surface area (Å²) in [6.45, 7) is 6.74. The first kappa shape index (κ1) is 23.9. The third-order valence-corrected chi connectivity index (χ3v) is 6.42. The molecule has 0 saturated heterocycles. The Labute approximate surface area is 201 Å². The van der Waals surface area contributed by atoms with E-state index in [0.717, 1.165) is 17.5 Å². The van der Waals surface area contributed by atoms with Crippen LogP contribution in [0.1, 0.15) is 38.3 Å². The van der Waals surface area contributed by atoms with Crippen molar-refractivity contribution in [3.8, 4) is 0 Å². The van der Waals surface area contributed by atoms with Crippen LogP contribution in [0.25, 0.3) is 0 Å². The number of amides is 2. The first-order chi connectivity index (χ1) is 16.3. The van der Waals surface area contributed by atoms with E-state index in [4.69, 9.17) is 9.47 Å². The van der Waals surface area contributed by atoms with Crippen LogP contribution in [-0.4, -0.2) is 35.3 Å². The Hall–Kier alpha value is -3.28. The number of rotatable bonds is 7. The lowest BCUT2D eigenvalue weighted by atomic mass is 9.88. The van der Waals surface area contributed by atoms with Gasteiger partial charge in [0.05, 0.1) is 0 Å². The van der Waals surface area contributed by atoms with Gasteiger partial charge in [0.15, 0.2) is 0 Å². The summed E-state index contributed by atoms with van der Waals surface area (Å²) < 4.78 is 11.2. The maximum absolute atomic E-state index is 13.2. The minimum Gasteiger partial charge on any atom is -0.445 e. The largest absolute Gasteiger partial charge is 0.445 e. The average Bonchev–Trinajstić information content (AvgIpc) is 3.40. The highest BCUT2D eigenvalue weighted by Gasteiger charge is 2.46. The van der Waals surface area contributed by atoms with Gasteiger partial charge in [-0.05, 0) is 50.2 Å². The summed E-state index contributed by atoms with van der Waals surface area (Å²) in [5.41, 5.74) is 1.42. The molecule has 4 atom stereocenters.